The molecule has 1 aliphatic rings. The van der Waals surface area contributed by atoms with Gasteiger partial charge >= 0.3 is 0 Å². The van der Waals surface area contributed by atoms with Crippen LogP contribution in [-0.4, -0.2) is 35.4 Å². The summed E-state index contributed by atoms with van der Waals surface area (Å²) in [5.74, 6) is 0.946. The lowest BCUT2D eigenvalue weighted by Gasteiger charge is -2.19. The first-order chi connectivity index (χ1) is 18.3. The molecule has 5 aromatic rings. The van der Waals surface area contributed by atoms with Crippen LogP contribution < -0.4 is 0 Å². The minimum Gasteiger partial charge on any atom is -0.468 e. The molecule has 6 rings (SSSR count). The van der Waals surface area contributed by atoms with E-state index in [1.807, 2.05) is 53.2 Å². The third kappa shape index (κ3) is 5.35. The molecule has 38 heavy (non-hydrogen) atoms. The van der Waals surface area contributed by atoms with Crippen molar-refractivity contribution in [2.45, 2.75) is 36.9 Å². The number of para-hydroxylation sites is 1. The summed E-state index contributed by atoms with van der Waals surface area (Å²) in [6.07, 6.45) is 5.30. The maximum absolute atomic E-state index is 12.1. The topological polar surface area (TPSA) is 68.3 Å². The quantitative estimate of drug-likeness (QED) is 0.192. The Bertz CT molecular complexity index is 1690. The Hall–Kier alpha value is -3.17. The van der Waals surface area contributed by atoms with Crippen molar-refractivity contribution in [3.63, 3.8) is 0 Å². The van der Waals surface area contributed by atoms with Crippen LogP contribution in [-0.2, 0) is 22.9 Å². The number of halogens is 1. The maximum atomic E-state index is 12.1. The van der Waals surface area contributed by atoms with E-state index >= 15 is 0 Å². The van der Waals surface area contributed by atoms with Crippen LogP contribution >= 0.6 is 22.9 Å². The van der Waals surface area contributed by atoms with Crippen LogP contribution in [0.25, 0.3) is 26.7 Å². The maximum Gasteiger partial charge on any atom is 0.175 e. The van der Waals surface area contributed by atoms with E-state index in [1.165, 1.54) is 19.1 Å². The first kappa shape index (κ1) is 25.1. The van der Waals surface area contributed by atoms with Gasteiger partial charge in [0.2, 0.25) is 0 Å². The molecule has 0 spiro atoms. The third-order valence-electron chi connectivity index (χ3n) is 6.61. The van der Waals surface area contributed by atoms with E-state index in [2.05, 4.69) is 17.0 Å². The van der Waals surface area contributed by atoms with Gasteiger partial charge in [-0.2, -0.15) is 5.10 Å². The summed E-state index contributed by atoms with van der Waals surface area (Å²) in [4.78, 5) is 4.73. The zero-order valence-corrected chi connectivity index (χ0v) is 23.1. The molecule has 1 fully saturated rings. The number of benzene rings is 2. The van der Waals surface area contributed by atoms with Gasteiger partial charge in [-0.3, -0.25) is 4.90 Å². The molecule has 0 atom stereocenters. The number of aromatic nitrogens is 2. The van der Waals surface area contributed by atoms with Crippen molar-refractivity contribution in [1.29, 1.82) is 0 Å². The number of rotatable bonds is 9. The summed E-state index contributed by atoms with van der Waals surface area (Å²) < 4.78 is 31.7. The fourth-order valence-electron chi connectivity index (χ4n) is 4.57. The van der Waals surface area contributed by atoms with Crippen LogP contribution in [0, 0.1) is 0 Å². The smallest absolute Gasteiger partial charge is 0.175 e. The van der Waals surface area contributed by atoms with Gasteiger partial charge in [-0.25, -0.2) is 13.1 Å². The molecule has 194 valence electrons. The normalized spacial score (nSPS) is 13.9. The highest BCUT2D eigenvalue weighted by Crippen LogP contribution is 2.38. The fourth-order valence-corrected chi connectivity index (χ4v) is 6.45. The summed E-state index contributed by atoms with van der Waals surface area (Å²) in [5.41, 5.74) is 3.57. The molecular formula is C29H26ClN3O3S2. The molecule has 6 nitrogen and oxygen atoms in total. The highest BCUT2D eigenvalue weighted by molar-refractivity contribution is 7.90. The molecule has 3 aromatic heterocycles. The number of furan rings is 1. The second-order valence-corrected chi connectivity index (χ2v) is 13.1. The van der Waals surface area contributed by atoms with Crippen molar-refractivity contribution in [2.24, 2.45) is 0 Å². The lowest BCUT2D eigenvalue weighted by Crippen LogP contribution is -2.25. The lowest BCUT2D eigenvalue weighted by atomic mass is 10.2. The third-order valence-corrected chi connectivity index (χ3v) is 9.20. The number of thiophene rings is 1. The molecule has 0 radical (unpaired) electrons. The van der Waals surface area contributed by atoms with Crippen LogP contribution in [0.2, 0.25) is 5.02 Å². The monoisotopic (exact) mass is 563 g/mol. The van der Waals surface area contributed by atoms with Crippen molar-refractivity contribution in [3.05, 3.63) is 102 Å². The van der Waals surface area contributed by atoms with E-state index in [-0.39, 0.29) is 0 Å². The molecule has 0 N–H and O–H groups in total. The number of nitrogens with zero attached hydrogens (tertiary/aromatic N) is 3. The highest BCUT2D eigenvalue weighted by atomic mass is 35.5. The van der Waals surface area contributed by atoms with Gasteiger partial charge in [0.1, 0.15) is 5.76 Å². The molecule has 0 aliphatic heterocycles. The summed E-state index contributed by atoms with van der Waals surface area (Å²) in [7, 11) is -3.29. The van der Waals surface area contributed by atoms with E-state index in [0.717, 1.165) is 44.7 Å². The molecule has 0 saturated heterocycles. The molecule has 9 heteroatoms. The Morgan fingerprint density at radius 1 is 1.00 bits per heavy atom. The van der Waals surface area contributed by atoms with Gasteiger partial charge in [0, 0.05) is 23.7 Å². The molecule has 0 amide bonds. The first-order valence-corrected chi connectivity index (χ1v) is 15.4. The minimum atomic E-state index is -3.29. The molecule has 0 unspecified atom stereocenters. The number of sulfone groups is 1. The van der Waals surface area contributed by atoms with Crippen LogP contribution in [0.4, 0.5) is 0 Å². The average Bonchev–Trinajstić information content (AvgIpc) is 3.26. The van der Waals surface area contributed by atoms with Gasteiger partial charge in [0.15, 0.2) is 9.84 Å². The van der Waals surface area contributed by atoms with E-state index in [0.29, 0.717) is 22.5 Å². The van der Waals surface area contributed by atoms with Gasteiger partial charge in [-0.15, -0.1) is 11.3 Å². The lowest BCUT2D eigenvalue weighted by molar-refractivity contribution is 0.222. The predicted octanol–water partition coefficient (Wildman–Crippen LogP) is 7.08. The van der Waals surface area contributed by atoms with Gasteiger partial charge in [0.05, 0.1) is 44.7 Å². The second-order valence-electron chi connectivity index (χ2n) is 9.56. The highest BCUT2D eigenvalue weighted by Gasteiger charge is 2.30. The van der Waals surface area contributed by atoms with Crippen LogP contribution in [0.5, 0.6) is 0 Å². The largest absolute Gasteiger partial charge is 0.468 e. The van der Waals surface area contributed by atoms with E-state index < -0.39 is 9.84 Å². The summed E-state index contributed by atoms with van der Waals surface area (Å²) in [6.45, 7) is 1.44. The van der Waals surface area contributed by atoms with E-state index in [4.69, 9.17) is 21.1 Å². The van der Waals surface area contributed by atoms with Crippen molar-refractivity contribution in [2.75, 3.05) is 6.26 Å². The Morgan fingerprint density at radius 2 is 1.82 bits per heavy atom. The minimum absolute atomic E-state index is 0.310. The zero-order valence-electron chi connectivity index (χ0n) is 20.7. The van der Waals surface area contributed by atoms with Gasteiger partial charge in [-0.05, 0) is 73.0 Å². The molecule has 1 aliphatic carbocycles. The molecular weight excluding hydrogens is 538 g/mol. The molecule has 0 bridgehead atoms. The molecule has 1 saturated carbocycles. The zero-order chi connectivity index (χ0) is 26.3. The van der Waals surface area contributed by atoms with Crippen molar-refractivity contribution < 1.29 is 12.8 Å². The number of hydrogen-bond acceptors (Lipinski definition) is 6. The Kier molecular flexibility index (Phi) is 6.74. The Morgan fingerprint density at radius 3 is 2.55 bits per heavy atom. The van der Waals surface area contributed by atoms with Gasteiger partial charge in [0.25, 0.3) is 0 Å². The van der Waals surface area contributed by atoms with E-state index in [1.54, 1.807) is 35.8 Å². The van der Waals surface area contributed by atoms with Crippen LogP contribution in [0.3, 0.4) is 0 Å². The van der Waals surface area contributed by atoms with Crippen molar-refractivity contribution in [3.8, 4) is 26.7 Å². The SMILES string of the molecule is CS(=O)(=O)c1cccc(-c2ccc(-c3cc(CN(Cc4ccco4)C4CC4)nn3-c3ccccc3Cl)s2)c1. The van der Waals surface area contributed by atoms with Gasteiger partial charge < -0.3 is 4.42 Å². The first-order valence-electron chi connectivity index (χ1n) is 12.4. The summed E-state index contributed by atoms with van der Waals surface area (Å²) in [6, 6.07) is 25.4. The van der Waals surface area contributed by atoms with Gasteiger partial charge in [-0.1, -0.05) is 35.9 Å². The molecule has 2 aromatic carbocycles. The van der Waals surface area contributed by atoms with E-state index in [9.17, 15) is 8.42 Å². The predicted molar refractivity (Wildman–Crippen MR) is 151 cm³/mol. The average molecular weight is 564 g/mol. The fraction of sp³-hybridized carbons (Fsp3) is 0.207. The Balaban J connectivity index is 1.37. The Labute approximate surface area is 231 Å². The van der Waals surface area contributed by atoms with Crippen molar-refractivity contribution >= 4 is 32.8 Å². The van der Waals surface area contributed by atoms with Crippen molar-refractivity contribution in [1.82, 2.24) is 14.7 Å². The van der Waals surface area contributed by atoms with Crippen LogP contribution in [0.15, 0.2) is 94.4 Å². The second kappa shape index (κ2) is 10.2. The number of hydrogen-bond donors (Lipinski definition) is 0. The van der Waals surface area contributed by atoms with Crippen LogP contribution in [0.1, 0.15) is 24.3 Å². The summed E-state index contributed by atoms with van der Waals surface area (Å²) in [5, 5.41) is 5.63. The standard InChI is InChI=1S/C29H26ClN3O3S2/c1-38(34,35)24-8-4-6-20(16-24)28-13-14-29(37-28)27-17-21(31-33(27)26-10-3-2-9-25(26)30)18-32(22-11-12-22)19-23-7-5-15-36-23/h2-10,13-17,22H,11-12,18-19H2,1H3. The molecule has 3 heterocycles. The summed E-state index contributed by atoms with van der Waals surface area (Å²) >= 11 is 8.21.